The number of amides is 1. The van der Waals surface area contributed by atoms with Crippen LogP contribution in [0, 0.1) is 20.8 Å². The molecule has 4 heterocycles. The first-order valence-electron chi connectivity index (χ1n) is 12.9. The molecule has 1 amide bonds. The maximum Gasteiger partial charge on any atom is 0.490 e. The number of carbonyl (C=O) groups is 2. The average Bonchev–Trinajstić information content (AvgIpc) is 3.61. The third kappa shape index (κ3) is 7.63. The predicted molar refractivity (Wildman–Crippen MR) is 156 cm³/mol. The summed E-state index contributed by atoms with van der Waals surface area (Å²) >= 11 is 3.43. The molecule has 0 spiro atoms. The van der Waals surface area contributed by atoms with Crippen LogP contribution in [0.15, 0.2) is 70.3 Å². The van der Waals surface area contributed by atoms with Crippen molar-refractivity contribution in [2.75, 3.05) is 11.4 Å². The standard InChI is InChI=1S/C27H25BrN6O2.C2HF3O2/c1-17-5-7-21(18(2)13-17)23-14-22(25-19(3)32-36-26(25)31-23)27(35)34(24-8-6-20(28)15-30-24)11-4-10-33-12-9-29-16-33;3-2(4,5)1(6)7/h5-9,12-16H,4,10-11H2,1-3H3;(H,6,7). The lowest BCUT2D eigenvalue weighted by Gasteiger charge is -2.23. The number of aryl methyl sites for hydroxylation is 4. The Bertz CT molecular complexity index is 1740. The zero-order chi connectivity index (χ0) is 31.3. The van der Waals surface area contributed by atoms with Crippen molar-refractivity contribution in [3.05, 3.63) is 88.2 Å². The fraction of sp³-hybridized carbons (Fsp3) is 0.241. The van der Waals surface area contributed by atoms with E-state index in [-0.39, 0.29) is 5.91 Å². The van der Waals surface area contributed by atoms with Gasteiger partial charge in [0.25, 0.3) is 11.6 Å². The zero-order valence-electron chi connectivity index (χ0n) is 23.3. The van der Waals surface area contributed by atoms with Gasteiger partial charge in [-0.15, -0.1) is 0 Å². The molecule has 0 aliphatic heterocycles. The fourth-order valence-corrected chi connectivity index (χ4v) is 4.56. The first kappa shape index (κ1) is 31.3. The number of pyridine rings is 2. The van der Waals surface area contributed by atoms with Gasteiger partial charge in [-0.3, -0.25) is 9.69 Å². The molecule has 0 bridgehead atoms. The van der Waals surface area contributed by atoms with E-state index in [1.165, 1.54) is 0 Å². The van der Waals surface area contributed by atoms with Gasteiger partial charge in [-0.25, -0.2) is 19.7 Å². The summed E-state index contributed by atoms with van der Waals surface area (Å²) < 4.78 is 40.1. The number of rotatable bonds is 7. The molecule has 43 heavy (non-hydrogen) atoms. The molecule has 5 rings (SSSR count). The Morgan fingerprint density at radius 3 is 2.47 bits per heavy atom. The molecule has 14 heteroatoms. The van der Waals surface area contributed by atoms with E-state index in [0.29, 0.717) is 40.4 Å². The van der Waals surface area contributed by atoms with Crippen molar-refractivity contribution in [2.24, 2.45) is 0 Å². The number of imidazole rings is 1. The van der Waals surface area contributed by atoms with Crippen LogP contribution in [0.2, 0.25) is 0 Å². The number of fused-ring (bicyclic) bond motifs is 1. The number of hydrogen-bond acceptors (Lipinski definition) is 7. The first-order valence-corrected chi connectivity index (χ1v) is 13.7. The molecule has 5 aromatic rings. The number of anilines is 1. The summed E-state index contributed by atoms with van der Waals surface area (Å²) in [6, 6.07) is 11.7. The Hall–Kier alpha value is -4.59. The highest BCUT2D eigenvalue weighted by atomic mass is 79.9. The highest BCUT2D eigenvalue weighted by molar-refractivity contribution is 9.10. The van der Waals surface area contributed by atoms with Crippen molar-refractivity contribution in [2.45, 2.75) is 39.9 Å². The number of hydrogen-bond donors (Lipinski definition) is 1. The Labute approximate surface area is 252 Å². The van der Waals surface area contributed by atoms with Crippen LogP contribution < -0.4 is 4.90 Å². The third-order valence-electron chi connectivity index (χ3n) is 6.34. The highest BCUT2D eigenvalue weighted by Gasteiger charge is 2.38. The maximum atomic E-state index is 14.2. The average molecular weight is 659 g/mol. The monoisotopic (exact) mass is 658 g/mol. The van der Waals surface area contributed by atoms with Crippen LogP contribution in [0.1, 0.15) is 33.6 Å². The van der Waals surface area contributed by atoms with Crippen molar-refractivity contribution in [1.29, 1.82) is 0 Å². The van der Waals surface area contributed by atoms with Gasteiger partial charge in [0.1, 0.15) is 5.82 Å². The molecule has 10 nitrogen and oxygen atoms in total. The number of aromatic nitrogens is 5. The molecule has 224 valence electrons. The molecule has 0 saturated heterocycles. The number of carbonyl (C=O) groups excluding carboxylic acids is 1. The Kier molecular flexibility index (Phi) is 9.59. The molecule has 1 aromatic carbocycles. The van der Waals surface area contributed by atoms with Gasteiger partial charge in [-0.2, -0.15) is 13.2 Å². The van der Waals surface area contributed by atoms with Crippen LogP contribution in [0.3, 0.4) is 0 Å². The van der Waals surface area contributed by atoms with Crippen molar-refractivity contribution < 1.29 is 32.4 Å². The van der Waals surface area contributed by atoms with Crippen molar-refractivity contribution in [3.8, 4) is 11.3 Å². The molecule has 0 fully saturated rings. The van der Waals surface area contributed by atoms with E-state index in [1.54, 1.807) is 23.6 Å². The molecular weight excluding hydrogens is 633 g/mol. The van der Waals surface area contributed by atoms with Gasteiger partial charge in [0.05, 0.1) is 28.7 Å². The van der Waals surface area contributed by atoms with E-state index in [2.05, 4.69) is 44.0 Å². The normalized spacial score (nSPS) is 11.2. The third-order valence-corrected chi connectivity index (χ3v) is 6.81. The Balaban J connectivity index is 0.000000541. The van der Waals surface area contributed by atoms with E-state index in [4.69, 9.17) is 19.4 Å². The van der Waals surface area contributed by atoms with E-state index < -0.39 is 12.1 Å². The van der Waals surface area contributed by atoms with Gasteiger partial charge in [0.2, 0.25) is 0 Å². The Morgan fingerprint density at radius 2 is 1.86 bits per heavy atom. The zero-order valence-corrected chi connectivity index (χ0v) is 24.8. The molecule has 0 radical (unpaired) electrons. The molecule has 0 aliphatic carbocycles. The minimum absolute atomic E-state index is 0.180. The predicted octanol–water partition coefficient (Wildman–Crippen LogP) is 6.54. The van der Waals surface area contributed by atoms with Crippen LogP contribution >= 0.6 is 15.9 Å². The van der Waals surface area contributed by atoms with E-state index in [9.17, 15) is 18.0 Å². The smallest absolute Gasteiger partial charge is 0.475 e. The van der Waals surface area contributed by atoms with Gasteiger partial charge in [0.15, 0.2) is 0 Å². The van der Waals surface area contributed by atoms with Crippen molar-refractivity contribution >= 4 is 44.7 Å². The molecule has 0 saturated carbocycles. The summed E-state index contributed by atoms with van der Waals surface area (Å²) in [6.45, 7) is 7.11. The van der Waals surface area contributed by atoms with Crippen LogP contribution in [0.25, 0.3) is 22.4 Å². The molecule has 1 N–H and O–H groups in total. The molecule has 0 unspecified atom stereocenters. The minimum atomic E-state index is -5.08. The lowest BCUT2D eigenvalue weighted by Crippen LogP contribution is -2.33. The van der Waals surface area contributed by atoms with Crippen LogP contribution in [-0.2, 0) is 11.3 Å². The van der Waals surface area contributed by atoms with Crippen LogP contribution in [0.4, 0.5) is 19.0 Å². The van der Waals surface area contributed by atoms with Gasteiger partial charge in [0, 0.05) is 41.7 Å². The van der Waals surface area contributed by atoms with Gasteiger partial charge in [-0.05, 0) is 66.9 Å². The summed E-state index contributed by atoms with van der Waals surface area (Å²) in [4.78, 5) is 38.1. The van der Waals surface area contributed by atoms with E-state index in [1.807, 2.05) is 54.9 Å². The summed E-state index contributed by atoms with van der Waals surface area (Å²) in [5.41, 5.74) is 5.30. The van der Waals surface area contributed by atoms with Crippen LogP contribution in [-0.4, -0.2) is 54.4 Å². The second-order valence-corrected chi connectivity index (χ2v) is 10.5. The quantitative estimate of drug-likeness (QED) is 0.209. The number of alkyl halides is 3. The van der Waals surface area contributed by atoms with Gasteiger partial charge >= 0.3 is 12.1 Å². The number of nitrogens with zero attached hydrogens (tertiary/aromatic N) is 6. The second-order valence-electron chi connectivity index (χ2n) is 9.57. The number of halogens is 4. The summed E-state index contributed by atoms with van der Waals surface area (Å²) in [5, 5.41) is 11.9. The largest absolute Gasteiger partial charge is 0.490 e. The lowest BCUT2D eigenvalue weighted by molar-refractivity contribution is -0.192. The summed E-state index contributed by atoms with van der Waals surface area (Å²) in [6.07, 6.45) is 2.76. The fourth-order valence-electron chi connectivity index (χ4n) is 4.33. The molecule has 0 aliphatic rings. The van der Waals surface area contributed by atoms with E-state index in [0.717, 1.165) is 34.1 Å². The maximum absolute atomic E-state index is 14.2. The Morgan fingerprint density at radius 1 is 1.12 bits per heavy atom. The number of carboxylic acid groups (broad SMARTS) is 1. The lowest BCUT2D eigenvalue weighted by atomic mass is 10.00. The van der Waals surface area contributed by atoms with E-state index >= 15 is 0 Å². The van der Waals surface area contributed by atoms with Crippen LogP contribution in [0.5, 0.6) is 0 Å². The topological polar surface area (TPSA) is 127 Å². The molecular formula is C29H26BrF3N6O4. The number of benzene rings is 1. The first-order chi connectivity index (χ1) is 20.3. The van der Waals surface area contributed by atoms with Gasteiger partial charge in [-0.1, -0.05) is 28.9 Å². The minimum Gasteiger partial charge on any atom is -0.475 e. The number of aliphatic carboxylic acids is 1. The number of carboxylic acids is 1. The summed E-state index contributed by atoms with van der Waals surface area (Å²) in [5.74, 6) is -2.37. The SMILES string of the molecule is Cc1ccc(-c2cc(C(=O)N(CCCn3ccnc3)c3ccc(Br)cn3)c3c(C)noc3n2)c(C)c1.O=C(O)C(F)(F)F. The van der Waals surface area contributed by atoms with Gasteiger partial charge < -0.3 is 14.2 Å². The van der Waals surface area contributed by atoms with Crippen molar-refractivity contribution in [3.63, 3.8) is 0 Å². The second kappa shape index (κ2) is 13.2. The van der Waals surface area contributed by atoms with Crippen molar-refractivity contribution in [1.82, 2.24) is 24.7 Å². The molecule has 0 atom stereocenters. The highest BCUT2D eigenvalue weighted by Crippen LogP contribution is 2.31. The summed E-state index contributed by atoms with van der Waals surface area (Å²) in [7, 11) is 0. The molecule has 4 aromatic heterocycles.